The molecule has 5 heteroatoms. The van der Waals surface area contributed by atoms with E-state index < -0.39 is 0 Å². The summed E-state index contributed by atoms with van der Waals surface area (Å²) < 4.78 is 2.33. The number of carbonyl (C=O) groups excluding carboxylic acids is 1. The largest absolute Gasteiger partial charge is 0.391 e. The molecule has 3 fully saturated rings. The van der Waals surface area contributed by atoms with Gasteiger partial charge in [-0.1, -0.05) is 0 Å². The summed E-state index contributed by atoms with van der Waals surface area (Å²) in [4.78, 5) is 17.4. The normalized spacial score (nSPS) is 27.9. The third-order valence-corrected chi connectivity index (χ3v) is 6.46. The Hall–Kier alpha value is -1.33. The number of rotatable bonds is 4. The Labute approximate surface area is 150 Å². The first kappa shape index (κ1) is 17.1. The molecule has 25 heavy (non-hydrogen) atoms. The van der Waals surface area contributed by atoms with Gasteiger partial charge in [0.2, 0.25) is 0 Å². The summed E-state index contributed by atoms with van der Waals surface area (Å²) in [5.74, 6) is 0.996. The molecule has 2 atom stereocenters. The van der Waals surface area contributed by atoms with Crippen molar-refractivity contribution in [1.29, 1.82) is 0 Å². The Morgan fingerprint density at radius 3 is 2.44 bits per heavy atom. The maximum Gasteiger partial charge on any atom is 0.255 e. The first-order valence-electron chi connectivity index (χ1n) is 9.92. The lowest BCUT2D eigenvalue weighted by Gasteiger charge is -2.39. The molecule has 1 N–H and O–H groups in total. The topological polar surface area (TPSA) is 48.7 Å². The number of hydrogen-bond acceptors (Lipinski definition) is 3. The predicted molar refractivity (Wildman–Crippen MR) is 97.8 cm³/mol. The standard InChI is InChI=1S/C20H31N3O2/c1-14-12-17(15(2)23(14)13-16-6-7-16)20(25)22-10-8-21(9-11-22)18-4-3-5-19(18)24/h12,16,18-19,24H,3-11,13H2,1-2H3/t18-,19-/m0/s1. The minimum Gasteiger partial charge on any atom is -0.391 e. The molecule has 0 unspecified atom stereocenters. The maximum absolute atomic E-state index is 13.0. The summed E-state index contributed by atoms with van der Waals surface area (Å²) in [5, 5.41) is 10.1. The number of aromatic nitrogens is 1. The molecule has 1 saturated heterocycles. The second kappa shape index (κ2) is 6.76. The van der Waals surface area contributed by atoms with Crippen molar-refractivity contribution in [3.05, 3.63) is 23.0 Å². The molecular weight excluding hydrogens is 314 g/mol. The van der Waals surface area contributed by atoms with Gasteiger partial charge in [0.25, 0.3) is 5.91 Å². The fourth-order valence-electron chi connectivity index (χ4n) is 4.63. The quantitative estimate of drug-likeness (QED) is 0.910. The average Bonchev–Trinajstić information content (AvgIpc) is 3.27. The Balaban J connectivity index is 1.40. The zero-order valence-electron chi connectivity index (χ0n) is 15.6. The highest BCUT2D eigenvalue weighted by Gasteiger charge is 2.34. The Kier molecular flexibility index (Phi) is 4.63. The molecule has 0 spiro atoms. The van der Waals surface area contributed by atoms with Crippen LogP contribution >= 0.6 is 0 Å². The molecule has 0 radical (unpaired) electrons. The monoisotopic (exact) mass is 345 g/mol. The molecular formula is C20H31N3O2. The SMILES string of the molecule is Cc1cc(C(=O)N2CCN([C@H]3CCC[C@@H]3O)CC2)c(C)n1CC1CC1. The molecule has 138 valence electrons. The molecule has 2 aliphatic carbocycles. The minimum absolute atomic E-state index is 0.177. The van der Waals surface area contributed by atoms with Crippen molar-refractivity contribution in [3.8, 4) is 0 Å². The summed E-state index contributed by atoms with van der Waals surface area (Å²) in [6, 6.07) is 2.38. The molecule has 1 aliphatic heterocycles. The van der Waals surface area contributed by atoms with E-state index in [0.29, 0.717) is 6.04 Å². The van der Waals surface area contributed by atoms with Crippen LogP contribution in [0.2, 0.25) is 0 Å². The van der Waals surface area contributed by atoms with Crippen molar-refractivity contribution in [2.75, 3.05) is 26.2 Å². The number of aliphatic hydroxyl groups excluding tert-OH is 1. The first-order chi connectivity index (χ1) is 12.0. The number of nitrogens with zero attached hydrogens (tertiary/aromatic N) is 3. The van der Waals surface area contributed by atoms with Crippen LogP contribution in [-0.4, -0.2) is 63.7 Å². The molecule has 2 heterocycles. The number of aliphatic hydroxyl groups is 1. The highest BCUT2D eigenvalue weighted by atomic mass is 16.3. The Morgan fingerprint density at radius 2 is 1.84 bits per heavy atom. The smallest absolute Gasteiger partial charge is 0.255 e. The van der Waals surface area contributed by atoms with Crippen LogP contribution in [0, 0.1) is 19.8 Å². The van der Waals surface area contributed by atoms with Crippen molar-refractivity contribution in [2.24, 2.45) is 5.92 Å². The third-order valence-electron chi connectivity index (χ3n) is 6.46. The fraction of sp³-hybridized carbons (Fsp3) is 0.750. The molecule has 1 amide bonds. The zero-order chi connectivity index (χ0) is 17.6. The van der Waals surface area contributed by atoms with E-state index in [2.05, 4.69) is 29.4 Å². The van der Waals surface area contributed by atoms with Gasteiger partial charge >= 0.3 is 0 Å². The highest BCUT2D eigenvalue weighted by molar-refractivity contribution is 5.95. The molecule has 2 saturated carbocycles. The molecule has 3 aliphatic rings. The number of amides is 1. The van der Waals surface area contributed by atoms with E-state index in [1.807, 2.05) is 4.90 Å². The van der Waals surface area contributed by atoms with Crippen LogP contribution in [0.4, 0.5) is 0 Å². The summed E-state index contributed by atoms with van der Waals surface area (Å²) in [6.45, 7) is 8.59. The molecule has 4 rings (SSSR count). The number of aryl methyl sites for hydroxylation is 1. The second-order valence-electron chi connectivity index (χ2n) is 8.23. The van der Waals surface area contributed by atoms with Crippen molar-refractivity contribution < 1.29 is 9.90 Å². The van der Waals surface area contributed by atoms with Crippen molar-refractivity contribution in [1.82, 2.24) is 14.4 Å². The predicted octanol–water partition coefficient (Wildman–Crippen LogP) is 2.19. The van der Waals surface area contributed by atoms with Gasteiger partial charge in [-0.25, -0.2) is 0 Å². The van der Waals surface area contributed by atoms with E-state index in [1.165, 1.54) is 18.5 Å². The summed E-state index contributed by atoms with van der Waals surface area (Å²) in [7, 11) is 0. The fourth-order valence-corrected chi connectivity index (χ4v) is 4.63. The second-order valence-corrected chi connectivity index (χ2v) is 8.23. The van der Waals surface area contributed by atoms with Crippen LogP contribution in [0.15, 0.2) is 6.07 Å². The van der Waals surface area contributed by atoms with Crippen molar-refractivity contribution in [2.45, 2.75) is 64.6 Å². The van der Waals surface area contributed by atoms with Gasteiger partial charge in [-0.3, -0.25) is 9.69 Å². The third kappa shape index (κ3) is 3.36. The number of piperazine rings is 1. The molecule has 0 aromatic carbocycles. The number of carbonyl (C=O) groups is 1. The first-order valence-corrected chi connectivity index (χ1v) is 9.92. The van der Waals surface area contributed by atoms with Crippen LogP contribution in [0.1, 0.15) is 53.8 Å². The van der Waals surface area contributed by atoms with Gasteiger partial charge in [-0.05, 0) is 57.9 Å². The van der Waals surface area contributed by atoms with Crippen LogP contribution in [0.3, 0.4) is 0 Å². The van der Waals surface area contributed by atoms with E-state index in [0.717, 1.165) is 69.2 Å². The highest BCUT2D eigenvalue weighted by Crippen LogP contribution is 2.32. The lowest BCUT2D eigenvalue weighted by atomic mass is 10.1. The van der Waals surface area contributed by atoms with Gasteiger partial charge in [0.05, 0.1) is 11.7 Å². The molecule has 5 nitrogen and oxygen atoms in total. The van der Waals surface area contributed by atoms with E-state index in [4.69, 9.17) is 0 Å². The van der Waals surface area contributed by atoms with Crippen molar-refractivity contribution >= 4 is 5.91 Å². The van der Waals surface area contributed by atoms with Gasteiger partial charge in [-0.15, -0.1) is 0 Å². The van der Waals surface area contributed by atoms with E-state index in [9.17, 15) is 9.90 Å². The van der Waals surface area contributed by atoms with E-state index >= 15 is 0 Å². The van der Waals surface area contributed by atoms with E-state index in [-0.39, 0.29) is 12.0 Å². The van der Waals surface area contributed by atoms with Crippen LogP contribution in [-0.2, 0) is 6.54 Å². The summed E-state index contributed by atoms with van der Waals surface area (Å²) in [5.41, 5.74) is 3.22. The summed E-state index contributed by atoms with van der Waals surface area (Å²) in [6.07, 6.45) is 5.63. The maximum atomic E-state index is 13.0. The van der Waals surface area contributed by atoms with Gasteiger partial charge in [0, 0.05) is 50.2 Å². The molecule has 1 aromatic rings. The van der Waals surface area contributed by atoms with Crippen LogP contribution < -0.4 is 0 Å². The van der Waals surface area contributed by atoms with Gasteiger partial charge in [-0.2, -0.15) is 0 Å². The minimum atomic E-state index is -0.177. The van der Waals surface area contributed by atoms with Gasteiger partial charge in [0.15, 0.2) is 0 Å². The number of hydrogen-bond donors (Lipinski definition) is 1. The molecule has 0 bridgehead atoms. The van der Waals surface area contributed by atoms with Gasteiger partial charge < -0.3 is 14.6 Å². The Bertz CT molecular complexity index is 642. The zero-order valence-corrected chi connectivity index (χ0v) is 15.6. The van der Waals surface area contributed by atoms with E-state index in [1.54, 1.807) is 0 Å². The average molecular weight is 345 g/mol. The van der Waals surface area contributed by atoms with Gasteiger partial charge in [0.1, 0.15) is 0 Å². The lowest BCUT2D eigenvalue weighted by molar-refractivity contribution is 0.0315. The van der Waals surface area contributed by atoms with Crippen LogP contribution in [0.5, 0.6) is 0 Å². The Morgan fingerprint density at radius 1 is 1.12 bits per heavy atom. The molecule has 1 aromatic heterocycles. The van der Waals surface area contributed by atoms with Crippen LogP contribution in [0.25, 0.3) is 0 Å². The lowest BCUT2D eigenvalue weighted by Crippen LogP contribution is -2.53. The summed E-state index contributed by atoms with van der Waals surface area (Å²) >= 11 is 0. The van der Waals surface area contributed by atoms with Crippen molar-refractivity contribution in [3.63, 3.8) is 0 Å².